The predicted octanol–water partition coefficient (Wildman–Crippen LogP) is 4.43. The number of amides is 1. The smallest absolute Gasteiger partial charge is 0.251 e. The maximum atomic E-state index is 12.9. The Kier molecular flexibility index (Phi) is 6.85. The Morgan fingerprint density at radius 2 is 1.71 bits per heavy atom. The highest BCUT2D eigenvalue weighted by molar-refractivity contribution is 5.94. The number of nitrogens with one attached hydrogen (secondary N) is 1. The second-order valence-electron chi connectivity index (χ2n) is 8.13. The van der Waals surface area contributed by atoms with Gasteiger partial charge in [-0.2, -0.15) is 0 Å². The van der Waals surface area contributed by atoms with Crippen molar-refractivity contribution in [3.8, 4) is 5.75 Å². The minimum Gasteiger partial charge on any atom is -0.491 e. The fourth-order valence-electron chi connectivity index (χ4n) is 4.11. The van der Waals surface area contributed by atoms with E-state index in [1.165, 1.54) is 16.3 Å². The SMILES string of the molecule is CC(C)Oc1ccc(C(=O)NCC(c2cccc3ccccc23)N2CCOCC2)cc1. The number of ether oxygens (including phenoxy) is 2. The van der Waals surface area contributed by atoms with Gasteiger partial charge in [-0.15, -0.1) is 0 Å². The Morgan fingerprint density at radius 3 is 2.45 bits per heavy atom. The number of hydrogen-bond acceptors (Lipinski definition) is 4. The molecular weight excluding hydrogens is 388 g/mol. The standard InChI is InChI=1S/C26H30N2O3/c1-19(2)31-22-12-10-21(11-13-22)26(29)27-18-25(28-14-16-30-17-15-28)24-9-5-7-20-6-3-4-8-23(20)24/h3-13,19,25H,14-18H2,1-2H3,(H,27,29). The van der Waals surface area contributed by atoms with Gasteiger partial charge in [-0.25, -0.2) is 0 Å². The molecule has 1 fully saturated rings. The van der Waals surface area contributed by atoms with E-state index < -0.39 is 0 Å². The maximum Gasteiger partial charge on any atom is 0.251 e. The van der Waals surface area contributed by atoms with Gasteiger partial charge in [-0.05, 0) is 54.4 Å². The second-order valence-corrected chi connectivity index (χ2v) is 8.13. The van der Waals surface area contributed by atoms with Crippen LogP contribution in [0.25, 0.3) is 10.8 Å². The lowest BCUT2D eigenvalue weighted by Gasteiger charge is -2.35. The molecule has 3 aromatic rings. The number of fused-ring (bicyclic) bond motifs is 1. The van der Waals surface area contributed by atoms with Gasteiger partial charge in [0.25, 0.3) is 5.91 Å². The molecule has 1 atom stereocenters. The van der Waals surface area contributed by atoms with Gasteiger partial charge < -0.3 is 14.8 Å². The Hall–Kier alpha value is -2.89. The van der Waals surface area contributed by atoms with Crippen LogP contribution in [-0.4, -0.2) is 49.8 Å². The summed E-state index contributed by atoms with van der Waals surface area (Å²) in [5.41, 5.74) is 1.87. The van der Waals surface area contributed by atoms with Gasteiger partial charge in [-0.3, -0.25) is 9.69 Å². The van der Waals surface area contributed by atoms with E-state index in [9.17, 15) is 4.79 Å². The van der Waals surface area contributed by atoms with Gasteiger partial charge in [0.2, 0.25) is 0 Å². The van der Waals surface area contributed by atoms with E-state index in [0.29, 0.717) is 25.3 Å². The van der Waals surface area contributed by atoms with Crippen molar-refractivity contribution in [3.63, 3.8) is 0 Å². The van der Waals surface area contributed by atoms with Crippen molar-refractivity contribution in [1.29, 1.82) is 0 Å². The van der Waals surface area contributed by atoms with Crippen molar-refractivity contribution in [3.05, 3.63) is 77.9 Å². The molecule has 0 aliphatic carbocycles. The first kappa shape index (κ1) is 21.3. The van der Waals surface area contributed by atoms with E-state index in [1.807, 2.05) is 38.1 Å². The van der Waals surface area contributed by atoms with E-state index in [4.69, 9.17) is 9.47 Å². The number of nitrogens with zero attached hydrogens (tertiary/aromatic N) is 1. The van der Waals surface area contributed by atoms with Crippen molar-refractivity contribution in [2.75, 3.05) is 32.8 Å². The van der Waals surface area contributed by atoms with Crippen molar-refractivity contribution < 1.29 is 14.3 Å². The van der Waals surface area contributed by atoms with Crippen LogP contribution < -0.4 is 10.1 Å². The van der Waals surface area contributed by atoms with Crippen molar-refractivity contribution in [2.45, 2.75) is 26.0 Å². The van der Waals surface area contributed by atoms with E-state index >= 15 is 0 Å². The zero-order chi connectivity index (χ0) is 21.6. The quantitative estimate of drug-likeness (QED) is 0.617. The van der Waals surface area contributed by atoms with E-state index in [0.717, 1.165) is 18.8 Å². The Balaban J connectivity index is 1.53. The summed E-state index contributed by atoms with van der Waals surface area (Å²) in [6, 6.07) is 22.2. The molecule has 1 N–H and O–H groups in total. The van der Waals surface area contributed by atoms with Gasteiger partial charge in [0.15, 0.2) is 0 Å². The molecule has 1 amide bonds. The largest absolute Gasteiger partial charge is 0.491 e. The van der Waals surface area contributed by atoms with Crippen LogP contribution in [0.5, 0.6) is 5.75 Å². The molecule has 0 radical (unpaired) electrons. The Bertz CT molecular complexity index is 1010. The molecule has 1 aliphatic rings. The highest BCUT2D eigenvalue weighted by Crippen LogP contribution is 2.29. The van der Waals surface area contributed by atoms with Crippen LogP contribution in [0.3, 0.4) is 0 Å². The first-order valence-electron chi connectivity index (χ1n) is 11.0. The summed E-state index contributed by atoms with van der Waals surface area (Å²) in [6.45, 7) is 7.64. The highest BCUT2D eigenvalue weighted by atomic mass is 16.5. The third-order valence-corrected chi connectivity index (χ3v) is 5.61. The van der Waals surface area contributed by atoms with Crippen LogP contribution in [0.2, 0.25) is 0 Å². The molecule has 5 heteroatoms. The molecule has 0 spiro atoms. The lowest BCUT2D eigenvalue weighted by molar-refractivity contribution is 0.0165. The number of hydrogen-bond donors (Lipinski definition) is 1. The molecule has 4 rings (SSSR count). The normalized spacial score (nSPS) is 15.7. The van der Waals surface area contributed by atoms with Crippen molar-refractivity contribution >= 4 is 16.7 Å². The van der Waals surface area contributed by atoms with Crippen LogP contribution in [0, 0.1) is 0 Å². The number of carbonyl (C=O) groups excluding carboxylic acids is 1. The third-order valence-electron chi connectivity index (χ3n) is 5.61. The molecule has 0 bridgehead atoms. The summed E-state index contributed by atoms with van der Waals surface area (Å²) in [4.78, 5) is 15.3. The molecule has 5 nitrogen and oxygen atoms in total. The molecule has 1 aliphatic heterocycles. The summed E-state index contributed by atoms with van der Waals surface area (Å²) in [7, 11) is 0. The van der Waals surface area contributed by atoms with Crippen LogP contribution in [0.4, 0.5) is 0 Å². The van der Waals surface area contributed by atoms with Crippen LogP contribution >= 0.6 is 0 Å². The first-order valence-corrected chi connectivity index (χ1v) is 11.0. The van der Waals surface area contributed by atoms with Gasteiger partial charge in [0, 0.05) is 25.2 Å². The zero-order valence-electron chi connectivity index (χ0n) is 18.2. The summed E-state index contributed by atoms with van der Waals surface area (Å²) < 4.78 is 11.2. The van der Waals surface area contributed by atoms with Gasteiger partial charge in [-0.1, -0.05) is 42.5 Å². The number of carbonyl (C=O) groups is 1. The fraction of sp³-hybridized carbons (Fsp3) is 0.346. The lowest BCUT2D eigenvalue weighted by Crippen LogP contribution is -2.43. The molecule has 1 heterocycles. The number of benzene rings is 3. The molecule has 3 aromatic carbocycles. The average Bonchev–Trinajstić information content (AvgIpc) is 2.80. The zero-order valence-corrected chi connectivity index (χ0v) is 18.2. The number of rotatable bonds is 7. The third kappa shape index (κ3) is 5.24. The summed E-state index contributed by atoms with van der Waals surface area (Å²) in [5, 5.41) is 5.60. The Morgan fingerprint density at radius 1 is 1.00 bits per heavy atom. The molecule has 0 aromatic heterocycles. The highest BCUT2D eigenvalue weighted by Gasteiger charge is 2.24. The molecule has 31 heavy (non-hydrogen) atoms. The van der Waals surface area contributed by atoms with Crippen molar-refractivity contribution in [1.82, 2.24) is 10.2 Å². The number of morpholine rings is 1. The lowest BCUT2D eigenvalue weighted by atomic mass is 9.97. The van der Waals surface area contributed by atoms with E-state index in [1.54, 1.807) is 0 Å². The molecular formula is C26H30N2O3. The molecule has 1 unspecified atom stereocenters. The van der Waals surface area contributed by atoms with Crippen LogP contribution in [-0.2, 0) is 4.74 Å². The van der Waals surface area contributed by atoms with Gasteiger partial charge in [0.05, 0.1) is 25.4 Å². The minimum atomic E-state index is -0.0745. The summed E-state index contributed by atoms with van der Waals surface area (Å²) in [5.74, 6) is 0.697. The Labute approximate surface area is 184 Å². The predicted molar refractivity (Wildman–Crippen MR) is 124 cm³/mol. The van der Waals surface area contributed by atoms with Crippen LogP contribution in [0.1, 0.15) is 35.8 Å². The van der Waals surface area contributed by atoms with Gasteiger partial charge in [0.1, 0.15) is 5.75 Å². The van der Waals surface area contributed by atoms with E-state index in [-0.39, 0.29) is 18.1 Å². The maximum absolute atomic E-state index is 12.9. The topological polar surface area (TPSA) is 50.8 Å². The summed E-state index contributed by atoms with van der Waals surface area (Å²) >= 11 is 0. The minimum absolute atomic E-state index is 0.0745. The fourth-order valence-corrected chi connectivity index (χ4v) is 4.11. The second kappa shape index (κ2) is 9.94. The molecule has 1 saturated heterocycles. The van der Waals surface area contributed by atoms with Gasteiger partial charge >= 0.3 is 0 Å². The average molecular weight is 419 g/mol. The van der Waals surface area contributed by atoms with Crippen molar-refractivity contribution in [2.24, 2.45) is 0 Å². The monoisotopic (exact) mass is 418 g/mol. The first-order chi connectivity index (χ1) is 15.1. The molecule has 162 valence electrons. The summed E-state index contributed by atoms with van der Waals surface area (Å²) in [6.07, 6.45) is 0.106. The van der Waals surface area contributed by atoms with Crippen LogP contribution in [0.15, 0.2) is 66.7 Å². The molecule has 0 saturated carbocycles. The van der Waals surface area contributed by atoms with E-state index in [2.05, 4.69) is 52.7 Å².